The quantitative estimate of drug-likeness (QED) is 0.482. The van der Waals surface area contributed by atoms with E-state index >= 15 is 0 Å². The Morgan fingerprint density at radius 2 is 1.69 bits per heavy atom. The van der Waals surface area contributed by atoms with Gasteiger partial charge in [-0.1, -0.05) is 13.8 Å². The van der Waals surface area contributed by atoms with Gasteiger partial charge >= 0.3 is 0 Å². The third kappa shape index (κ3) is 3.73. The molecule has 0 aromatic carbocycles. The highest BCUT2D eigenvalue weighted by molar-refractivity contribution is 5.86. The van der Waals surface area contributed by atoms with Crippen LogP contribution in [-0.4, -0.2) is 47.0 Å². The van der Waals surface area contributed by atoms with Crippen LogP contribution in [0.1, 0.15) is 34.1 Å². The first kappa shape index (κ1) is 15.3. The lowest BCUT2D eigenvalue weighted by molar-refractivity contribution is -0.130. The number of amides is 1. The first-order chi connectivity index (χ1) is 7.37. The molecule has 96 valence electrons. The van der Waals surface area contributed by atoms with Gasteiger partial charge in [0.15, 0.2) is 0 Å². The molecule has 5 nitrogen and oxygen atoms in total. The SMILES string of the molecule is CCNC(C)(C)C(=O)NC(CC)(CO)CO. The highest BCUT2D eigenvalue weighted by Gasteiger charge is 2.34. The van der Waals surface area contributed by atoms with Crippen LogP contribution in [0.2, 0.25) is 0 Å². The highest BCUT2D eigenvalue weighted by atomic mass is 16.3. The summed E-state index contributed by atoms with van der Waals surface area (Å²) >= 11 is 0. The van der Waals surface area contributed by atoms with Crippen LogP contribution in [0.4, 0.5) is 0 Å². The second-order valence-corrected chi connectivity index (χ2v) is 4.56. The minimum Gasteiger partial charge on any atom is -0.394 e. The Hall–Kier alpha value is -0.650. The van der Waals surface area contributed by atoms with Crippen LogP contribution in [0, 0.1) is 0 Å². The van der Waals surface area contributed by atoms with Crippen LogP contribution in [0.5, 0.6) is 0 Å². The number of aliphatic hydroxyl groups is 2. The summed E-state index contributed by atoms with van der Waals surface area (Å²) in [7, 11) is 0. The Morgan fingerprint density at radius 3 is 2.00 bits per heavy atom. The first-order valence-corrected chi connectivity index (χ1v) is 5.67. The molecule has 0 radical (unpaired) electrons. The van der Waals surface area contributed by atoms with Gasteiger partial charge in [-0.25, -0.2) is 0 Å². The number of carbonyl (C=O) groups is 1. The second-order valence-electron chi connectivity index (χ2n) is 4.56. The van der Waals surface area contributed by atoms with Gasteiger partial charge < -0.3 is 20.8 Å². The van der Waals surface area contributed by atoms with E-state index in [4.69, 9.17) is 0 Å². The summed E-state index contributed by atoms with van der Waals surface area (Å²) in [5, 5.41) is 24.2. The molecule has 0 aliphatic carbocycles. The maximum atomic E-state index is 12.0. The lowest BCUT2D eigenvalue weighted by Crippen LogP contribution is -2.62. The van der Waals surface area contributed by atoms with Crippen LogP contribution < -0.4 is 10.6 Å². The Bertz CT molecular complexity index is 217. The number of aliphatic hydroxyl groups excluding tert-OH is 2. The Labute approximate surface area is 97.2 Å². The monoisotopic (exact) mass is 232 g/mol. The van der Waals surface area contributed by atoms with Crippen LogP contribution in [0.15, 0.2) is 0 Å². The van der Waals surface area contributed by atoms with Crippen molar-refractivity contribution in [3.8, 4) is 0 Å². The molecule has 0 aliphatic rings. The van der Waals surface area contributed by atoms with Crippen LogP contribution in [0.25, 0.3) is 0 Å². The molecule has 1 amide bonds. The van der Waals surface area contributed by atoms with Crippen molar-refractivity contribution in [2.45, 2.75) is 45.2 Å². The zero-order valence-corrected chi connectivity index (χ0v) is 10.6. The minimum absolute atomic E-state index is 0.223. The number of hydrogen-bond donors (Lipinski definition) is 4. The molecule has 0 fully saturated rings. The fourth-order valence-electron chi connectivity index (χ4n) is 1.36. The van der Waals surface area contributed by atoms with Gasteiger partial charge in [-0.3, -0.25) is 4.79 Å². The van der Waals surface area contributed by atoms with Crippen molar-refractivity contribution in [3.05, 3.63) is 0 Å². The number of likely N-dealkylation sites (N-methyl/N-ethyl adjacent to an activating group) is 1. The largest absolute Gasteiger partial charge is 0.394 e. The predicted octanol–water partition coefficient (Wildman–Crippen LogP) is -0.376. The number of nitrogens with one attached hydrogen (secondary N) is 2. The van der Waals surface area contributed by atoms with E-state index in [0.717, 1.165) is 0 Å². The third-order valence-electron chi connectivity index (χ3n) is 2.85. The molecule has 0 heterocycles. The second kappa shape index (κ2) is 6.18. The van der Waals surface area contributed by atoms with Crippen LogP contribution >= 0.6 is 0 Å². The van der Waals surface area contributed by atoms with E-state index in [0.29, 0.717) is 13.0 Å². The molecule has 16 heavy (non-hydrogen) atoms. The fourth-order valence-corrected chi connectivity index (χ4v) is 1.36. The molecule has 0 aliphatic heterocycles. The van der Waals surface area contributed by atoms with Gasteiger partial charge in [0.1, 0.15) is 0 Å². The fraction of sp³-hybridized carbons (Fsp3) is 0.909. The molecule has 0 atom stereocenters. The Balaban J connectivity index is 4.63. The van der Waals surface area contributed by atoms with Crippen molar-refractivity contribution < 1.29 is 15.0 Å². The lowest BCUT2D eigenvalue weighted by atomic mass is 9.95. The van der Waals surface area contributed by atoms with Gasteiger partial charge in [-0.05, 0) is 26.8 Å². The summed E-state index contributed by atoms with van der Waals surface area (Å²) in [6, 6.07) is 0. The predicted molar refractivity (Wildman–Crippen MR) is 63.1 cm³/mol. The topological polar surface area (TPSA) is 81.6 Å². The number of hydrogen-bond acceptors (Lipinski definition) is 4. The number of rotatable bonds is 7. The van der Waals surface area contributed by atoms with Gasteiger partial charge in [0, 0.05) is 0 Å². The molecular formula is C11H24N2O3. The molecule has 4 N–H and O–H groups in total. The summed E-state index contributed by atoms with van der Waals surface area (Å²) in [6.07, 6.45) is 0.480. The molecule has 5 heteroatoms. The first-order valence-electron chi connectivity index (χ1n) is 5.67. The molecule has 0 rings (SSSR count). The van der Waals surface area contributed by atoms with E-state index < -0.39 is 11.1 Å². The molecule has 0 aromatic heterocycles. The standard InChI is InChI=1S/C11H24N2O3/c1-5-11(7-14,8-15)13-9(16)10(3,4)12-6-2/h12,14-15H,5-8H2,1-4H3,(H,13,16). The summed E-state index contributed by atoms with van der Waals surface area (Å²) in [6.45, 7) is 7.40. The molecule has 0 unspecified atom stereocenters. The highest BCUT2D eigenvalue weighted by Crippen LogP contribution is 2.11. The normalized spacial score (nSPS) is 12.6. The maximum absolute atomic E-state index is 12.0. The summed E-state index contributed by atoms with van der Waals surface area (Å²) in [4.78, 5) is 12.0. The zero-order chi connectivity index (χ0) is 12.8. The van der Waals surface area contributed by atoms with Crippen molar-refractivity contribution in [3.63, 3.8) is 0 Å². The summed E-state index contributed by atoms with van der Waals surface area (Å²) < 4.78 is 0. The average molecular weight is 232 g/mol. The zero-order valence-electron chi connectivity index (χ0n) is 10.6. The van der Waals surface area contributed by atoms with Crippen molar-refractivity contribution >= 4 is 5.91 Å². The van der Waals surface area contributed by atoms with E-state index in [1.807, 2.05) is 13.8 Å². The van der Waals surface area contributed by atoms with Gasteiger partial charge in [0.2, 0.25) is 5.91 Å². The van der Waals surface area contributed by atoms with Gasteiger partial charge in [0.25, 0.3) is 0 Å². The molecule has 0 aromatic rings. The van der Waals surface area contributed by atoms with Crippen molar-refractivity contribution in [2.75, 3.05) is 19.8 Å². The van der Waals surface area contributed by atoms with Crippen molar-refractivity contribution in [1.82, 2.24) is 10.6 Å². The Kier molecular flexibility index (Phi) is 5.92. The van der Waals surface area contributed by atoms with Crippen molar-refractivity contribution in [2.24, 2.45) is 0 Å². The number of carbonyl (C=O) groups excluding carboxylic acids is 1. The summed E-state index contributed by atoms with van der Waals surface area (Å²) in [5.41, 5.74) is -1.64. The van der Waals surface area contributed by atoms with Gasteiger partial charge in [-0.15, -0.1) is 0 Å². The van der Waals surface area contributed by atoms with Crippen LogP contribution in [-0.2, 0) is 4.79 Å². The van der Waals surface area contributed by atoms with E-state index in [-0.39, 0.29) is 19.1 Å². The van der Waals surface area contributed by atoms with Gasteiger partial charge in [-0.2, -0.15) is 0 Å². The van der Waals surface area contributed by atoms with Gasteiger partial charge in [0.05, 0.1) is 24.3 Å². The maximum Gasteiger partial charge on any atom is 0.240 e. The van der Waals surface area contributed by atoms with Crippen molar-refractivity contribution in [1.29, 1.82) is 0 Å². The average Bonchev–Trinajstić information content (AvgIpc) is 2.25. The minimum atomic E-state index is -0.927. The van der Waals surface area contributed by atoms with E-state index in [1.54, 1.807) is 13.8 Å². The Morgan fingerprint density at radius 1 is 1.19 bits per heavy atom. The molecule has 0 saturated carbocycles. The third-order valence-corrected chi connectivity index (χ3v) is 2.85. The van der Waals surface area contributed by atoms with E-state index in [9.17, 15) is 15.0 Å². The lowest BCUT2D eigenvalue weighted by Gasteiger charge is -2.34. The molecular weight excluding hydrogens is 208 g/mol. The van der Waals surface area contributed by atoms with Crippen LogP contribution in [0.3, 0.4) is 0 Å². The van der Waals surface area contributed by atoms with E-state index in [1.165, 1.54) is 0 Å². The molecule has 0 bridgehead atoms. The molecule has 0 saturated heterocycles. The summed E-state index contributed by atoms with van der Waals surface area (Å²) in [5.74, 6) is -0.223. The molecule has 0 spiro atoms. The smallest absolute Gasteiger partial charge is 0.240 e. The van der Waals surface area contributed by atoms with E-state index in [2.05, 4.69) is 10.6 Å².